The van der Waals surface area contributed by atoms with Crippen LogP contribution in [0.25, 0.3) is 55.3 Å². The van der Waals surface area contributed by atoms with Crippen molar-refractivity contribution in [1.29, 1.82) is 0 Å². The Balaban J connectivity index is 1.40. The van der Waals surface area contributed by atoms with Crippen molar-refractivity contribution in [2.45, 2.75) is 119 Å². The molecule has 0 fully saturated rings. The molecule has 13 heteroatoms. The fourth-order valence-corrected chi connectivity index (χ4v) is 16.4. The summed E-state index contributed by atoms with van der Waals surface area (Å²) < 4.78 is 43.7. The van der Waals surface area contributed by atoms with E-state index in [-0.39, 0.29) is 10.8 Å². The Bertz CT molecular complexity index is 3460. The number of aryl methyl sites for hydroxylation is 4. The van der Waals surface area contributed by atoms with Gasteiger partial charge in [-0.1, -0.05) is 204 Å². The van der Waals surface area contributed by atoms with Crippen LogP contribution in [-0.2, 0) is 15.4 Å². The SMILES string of the molecule is Cc1cc(C)cc(-c2cccc3c2op(Oc2c(-c4cc(C(C)(C)C)cc([Si](C)(C)C)c4OP4OC(=O)c5cc(Br)cc(Br)c5O4)cc(C(C)(C)C)cc2[Si](C)(C)C)oc2c(-c4cc(C)cc(C)c4)cccc23)c1. The van der Waals surface area contributed by atoms with E-state index in [2.05, 4.69) is 237 Å². The van der Waals surface area contributed by atoms with E-state index in [1.807, 2.05) is 6.07 Å². The minimum atomic E-state index is -2.32. The molecule has 1 unspecified atom stereocenters. The summed E-state index contributed by atoms with van der Waals surface area (Å²) in [5, 5.41) is 4.02. The highest BCUT2D eigenvalue weighted by Crippen LogP contribution is 2.54. The number of carbonyl (C=O) groups excluding carboxylic acids is 1. The van der Waals surface area contributed by atoms with Crippen LogP contribution < -0.4 is 23.9 Å². The molecule has 7 aromatic carbocycles. The smallest absolute Gasteiger partial charge is 0.408 e. The molecule has 0 saturated heterocycles. The van der Waals surface area contributed by atoms with Gasteiger partial charge in [-0.15, -0.1) is 0 Å². The van der Waals surface area contributed by atoms with E-state index in [4.69, 9.17) is 26.5 Å². The maximum atomic E-state index is 13.9. The second kappa shape index (κ2) is 19.9. The molecule has 0 aliphatic carbocycles. The van der Waals surface area contributed by atoms with Crippen LogP contribution in [0.4, 0.5) is 0 Å². The quantitative estimate of drug-likeness (QED) is 0.105. The molecule has 384 valence electrons. The first kappa shape index (κ1) is 53.9. The van der Waals surface area contributed by atoms with Crippen molar-refractivity contribution in [3.8, 4) is 50.6 Å². The van der Waals surface area contributed by atoms with Crippen molar-refractivity contribution in [2.24, 2.45) is 0 Å². The zero-order valence-electron chi connectivity index (χ0n) is 45.4. The van der Waals surface area contributed by atoms with Crippen LogP contribution >= 0.6 is 48.7 Å². The summed E-state index contributed by atoms with van der Waals surface area (Å²) in [6.45, 7) is 36.0. The molecule has 9 rings (SSSR count). The third-order valence-corrected chi connectivity index (χ3v) is 20.4. The Morgan fingerprint density at radius 1 is 0.500 bits per heavy atom. The minimum Gasteiger partial charge on any atom is -0.408 e. The maximum absolute atomic E-state index is 13.9. The van der Waals surface area contributed by atoms with Crippen LogP contribution in [0.1, 0.15) is 85.3 Å². The van der Waals surface area contributed by atoms with E-state index in [0.29, 0.717) is 38.5 Å². The van der Waals surface area contributed by atoms with Crippen molar-refractivity contribution in [1.82, 2.24) is 0 Å². The van der Waals surface area contributed by atoms with Gasteiger partial charge in [0.05, 0.1) is 20.6 Å². The summed E-state index contributed by atoms with van der Waals surface area (Å²) >= 11 is 7.18. The molecular formula is C61H66Br2O7P2Si2. The van der Waals surface area contributed by atoms with Gasteiger partial charge in [-0.05, 0) is 111 Å². The largest absolute Gasteiger partial charge is 0.532 e. The third kappa shape index (κ3) is 11.0. The molecule has 8 aromatic rings. The molecule has 2 heterocycles. The number of hydrogen-bond acceptors (Lipinski definition) is 7. The highest BCUT2D eigenvalue weighted by Gasteiger charge is 2.39. The van der Waals surface area contributed by atoms with Crippen molar-refractivity contribution in [2.75, 3.05) is 0 Å². The molecule has 0 N–H and O–H groups in total. The standard InChI is InChI=1S/C61H66Br2O7P2Si2/c1-35-23-36(2)26-39(25-35)44-19-17-21-46-47-22-18-20-45(40-27-37(3)24-38(4)28-40)55(47)66-71(65-54(44)46)68-57-48(29-41(60(5,6)7)31-52(57)73(11,12)13)49-30-42(61(8,9)10)32-53(74(14,15)16)58(49)69-72-67-56-50(59(64)70-72)33-43(62)34-51(56)63/h17-34H,1-16H3. The van der Waals surface area contributed by atoms with E-state index in [9.17, 15) is 4.79 Å². The summed E-state index contributed by atoms with van der Waals surface area (Å²) in [4.78, 5) is 13.9. The Morgan fingerprint density at radius 3 is 1.35 bits per heavy atom. The summed E-state index contributed by atoms with van der Waals surface area (Å²) in [7, 11) is -9.11. The monoisotopic (exact) mass is 1190 g/mol. The van der Waals surface area contributed by atoms with Crippen molar-refractivity contribution >= 4 is 103 Å². The third-order valence-electron chi connectivity index (χ3n) is 13.4. The first-order chi connectivity index (χ1) is 34.5. The van der Waals surface area contributed by atoms with E-state index in [1.54, 1.807) is 6.07 Å². The molecule has 1 aliphatic rings. The van der Waals surface area contributed by atoms with Crippen molar-refractivity contribution in [3.05, 3.63) is 157 Å². The zero-order chi connectivity index (χ0) is 53.6. The van der Waals surface area contributed by atoms with E-state index >= 15 is 0 Å². The summed E-state index contributed by atoms with van der Waals surface area (Å²) in [6.07, 6.45) is 0. The average molecular weight is 1190 g/mol. The first-order valence-electron chi connectivity index (χ1n) is 25.1. The molecule has 1 atom stereocenters. The van der Waals surface area contributed by atoms with Gasteiger partial charge in [0, 0.05) is 37.5 Å². The molecule has 0 amide bonds. The molecule has 0 spiro atoms. The van der Waals surface area contributed by atoms with Crippen LogP contribution in [0.15, 0.2) is 127 Å². The van der Waals surface area contributed by atoms with E-state index in [0.717, 1.165) is 92.4 Å². The highest BCUT2D eigenvalue weighted by molar-refractivity contribution is 9.11. The van der Waals surface area contributed by atoms with Gasteiger partial charge in [-0.3, -0.25) is 0 Å². The van der Waals surface area contributed by atoms with Gasteiger partial charge in [0.2, 0.25) is 0 Å². The molecule has 74 heavy (non-hydrogen) atoms. The van der Waals surface area contributed by atoms with Crippen LogP contribution in [0, 0.1) is 27.7 Å². The molecule has 0 radical (unpaired) electrons. The second-order valence-electron chi connectivity index (χ2n) is 24.0. The van der Waals surface area contributed by atoms with Gasteiger partial charge in [0.15, 0.2) is 16.9 Å². The van der Waals surface area contributed by atoms with Crippen LogP contribution in [0.3, 0.4) is 0 Å². The van der Waals surface area contributed by atoms with Crippen molar-refractivity contribution in [3.63, 3.8) is 0 Å². The molecule has 0 bridgehead atoms. The van der Waals surface area contributed by atoms with Gasteiger partial charge in [0.1, 0.15) is 17.1 Å². The summed E-state index contributed by atoms with van der Waals surface area (Å²) in [5.74, 6) is 1.13. The molecule has 7 nitrogen and oxygen atoms in total. The predicted octanol–water partition coefficient (Wildman–Crippen LogP) is 19.4. The lowest BCUT2D eigenvalue weighted by molar-refractivity contribution is 0.0697. The lowest BCUT2D eigenvalue weighted by Gasteiger charge is -2.32. The first-order valence-corrected chi connectivity index (χ1v) is 35.8. The van der Waals surface area contributed by atoms with Gasteiger partial charge in [-0.25, -0.2) is 4.79 Å². The van der Waals surface area contributed by atoms with E-state index < -0.39 is 39.0 Å². The molecule has 1 aliphatic heterocycles. The average Bonchev–Trinajstić information content (AvgIpc) is 3.44. The summed E-state index contributed by atoms with van der Waals surface area (Å²) in [6, 6.07) is 38.7. The Hall–Kier alpha value is -4.87. The number of carbonyl (C=O) groups is 1. The Kier molecular flexibility index (Phi) is 14.5. The number of hydrogen-bond donors (Lipinski definition) is 0. The number of para-hydroxylation sites is 2. The zero-order valence-corrected chi connectivity index (χ0v) is 52.4. The van der Waals surface area contributed by atoms with Gasteiger partial charge < -0.3 is 26.5 Å². The lowest BCUT2D eigenvalue weighted by Crippen LogP contribution is -2.40. The van der Waals surface area contributed by atoms with Crippen molar-refractivity contribution < 1.29 is 31.3 Å². The number of rotatable bonds is 9. The van der Waals surface area contributed by atoms with Gasteiger partial charge in [0.25, 0.3) is 0 Å². The highest BCUT2D eigenvalue weighted by atomic mass is 79.9. The lowest BCUT2D eigenvalue weighted by atomic mass is 9.83. The predicted molar refractivity (Wildman–Crippen MR) is 323 cm³/mol. The van der Waals surface area contributed by atoms with Gasteiger partial charge in [-0.2, -0.15) is 0 Å². The van der Waals surface area contributed by atoms with Crippen LogP contribution in [-0.4, -0.2) is 22.1 Å². The fourth-order valence-electron chi connectivity index (χ4n) is 9.65. The second-order valence-corrected chi connectivity index (χ2v) is 37.8. The van der Waals surface area contributed by atoms with E-state index in [1.165, 1.54) is 0 Å². The summed E-state index contributed by atoms with van der Waals surface area (Å²) in [5.41, 5.74) is 13.8. The van der Waals surface area contributed by atoms with Crippen LogP contribution in [0.5, 0.6) is 17.2 Å². The number of halogens is 2. The number of benzene rings is 7. The molecule has 1 aromatic heterocycles. The Labute approximate surface area is 458 Å². The van der Waals surface area contributed by atoms with Gasteiger partial charge >= 0.3 is 22.8 Å². The molecular weight excluding hydrogens is 1120 g/mol. The fraction of sp³-hybridized carbons (Fsp3) is 0.295. The minimum absolute atomic E-state index is 0.261. The molecule has 0 saturated carbocycles. The normalized spacial score (nSPS) is 14.2. The van der Waals surface area contributed by atoms with Crippen LogP contribution in [0.2, 0.25) is 39.3 Å². The maximum Gasteiger partial charge on any atom is 0.532 e. The number of fused-ring (bicyclic) bond motifs is 4. The Morgan fingerprint density at radius 2 is 0.932 bits per heavy atom. The topological polar surface area (TPSA) is 80.3 Å².